The first-order valence-corrected chi connectivity index (χ1v) is 11.8. The fraction of sp³-hybridized carbons (Fsp3) is 0.375. The Kier molecular flexibility index (Phi) is 6.57. The van der Waals surface area contributed by atoms with Crippen LogP contribution in [0.2, 0.25) is 0 Å². The first-order valence-electron chi connectivity index (χ1n) is 10.3. The van der Waals surface area contributed by atoms with E-state index in [0.29, 0.717) is 13.0 Å². The Bertz CT molecular complexity index is 1120. The minimum atomic E-state index is -3.95. The Morgan fingerprint density at radius 2 is 1.90 bits per heavy atom. The highest BCUT2D eigenvalue weighted by Crippen LogP contribution is 2.32. The van der Waals surface area contributed by atoms with Crippen LogP contribution in [0.4, 0.5) is 0 Å². The van der Waals surface area contributed by atoms with E-state index in [9.17, 15) is 18.3 Å². The fourth-order valence-electron chi connectivity index (χ4n) is 3.67. The SMILES string of the molecule is CCOc1cccc(-c2ccc(C3=CCN(S(=O)(=O)C(C)(C)C(=O)O)CC3)cc2C)c1. The number of rotatable bonds is 7. The van der Waals surface area contributed by atoms with Crippen LogP contribution in [-0.2, 0) is 14.8 Å². The number of hydrogen-bond acceptors (Lipinski definition) is 4. The van der Waals surface area contributed by atoms with Gasteiger partial charge in [0.05, 0.1) is 6.61 Å². The van der Waals surface area contributed by atoms with Gasteiger partial charge in [-0.25, -0.2) is 8.42 Å². The van der Waals surface area contributed by atoms with E-state index in [1.54, 1.807) is 0 Å². The monoisotopic (exact) mass is 443 g/mol. The molecule has 0 bridgehead atoms. The van der Waals surface area contributed by atoms with Crippen LogP contribution in [0.1, 0.15) is 38.3 Å². The summed E-state index contributed by atoms with van der Waals surface area (Å²) in [5, 5.41) is 9.31. The first kappa shape index (κ1) is 23.0. The molecule has 0 saturated heterocycles. The number of benzene rings is 2. The predicted octanol–water partition coefficient (Wildman–Crippen LogP) is 4.34. The summed E-state index contributed by atoms with van der Waals surface area (Å²) in [5.41, 5.74) is 5.44. The molecule has 0 saturated carbocycles. The molecule has 0 radical (unpaired) electrons. The van der Waals surface area contributed by atoms with E-state index in [1.165, 1.54) is 18.2 Å². The second kappa shape index (κ2) is 8.85. The lowest BCUT2D eigenvalue weighted by Gasteiger charge is -2.31. The lowest BCUT2D eigenvalue weighted by molar-refractivity contribution is -0.139. The molecule has 1 heterocycles. The number of aliphatic carboxylic acids is 1. The Balaban J connectivity index is 1.82. The van der Waals surface area contributed by atoms with Crippen molar-refractivity contribution in [1.29, 1.82) is 0 Å². The highest BCUT2D eigenvalue weighted by atomic mass is 32.2. The molecule has 0 aromatic heterocycles. The zero-order valence-corrected chi connectivity index (χ0v) is 19.2. The van der Waals surface area contributed by atoms with Crippen LogP contribution in [0.5, 0.6) is 5.75 Å². The molecule has 0 fully saturated rings. The molecule has 0 spiro atoms. The van der Waals surface area contributed by atoms with Crippen LogP contribution in [-0.4, -0.2) is 48.2 Å². The summed E-state index contributed by atoms with van der Waals surface area (Å²) in [4.78, 5) is 11.4. The molecule has 0 amide bonds. The van der Waals surface area contributed by atoms with Gasteiger partial charge in [-0.3, -0.25) is 4.79 Å². The summed E-state index contributed by atoms with van der Waals surface area (Å²) in [7, 11) is -3.95. The van der Waals surface area contributed by atoms with Gasteiger partial charge in [0.25, 0.3) is 0 Å². The quantitative estimate of drug-likeness (QED) is 0.688. The third-order valence-corrected chi connectivity index (χ3v) is 8.20. The van der Waals surface area contributed by atoms with Gasteiger partial charge in [-0.1, -0.05) is 36.4 Å². The van der Waals surface area contributed by atoms with Crippen molar-refractivity contribution >= 4 is 21.6 Å². The van der Waals surface area contributed by atoms with Crippen LogP contribution < -0.4 is 4.74 Å². The minimum Gasteiger partial charge on any atom is -0.494 e. The molecule has 31 heavy (non-hydrogen) atoms. The number of carboxylic acids is 1. The first-order chi connectivity index (χ1) is 14.6. The molecular formula is C24H29NO5S. The van der Waals surface area contributed by atoms with Gasteiger partial charge in [-0.2, -0.15) is 4.31 Å². The second-order valence-corrected chi connectivity index (χ2v) is 10.6. The number of carboxylic acid groups (broad SMARTS) is 1. The molecule has 1 N–H and O–H groups in total. The molecule has 6 nitrogen and oxygen atoms in total. The van der Waals surface area contributed by atoms with Gasteiger partial charge in [-0.05, 0) is 74.1 Å². The molecular weight excluding hydrogens is 414 g/mol. The van der Waals surface area contributed by atoms with Crippen molar-refractivity contribution in [2.24, 2.45) is 0 Å². The summed E-state index contributed by atoms with van der Waals surface area (Å²) in [6.45, 7) is 7.53. The average molecular weight is 444 g/mol. The topological polar surface area (TPSA) is 83.9 Å². The number of nitrogens with zero attached hydrogens (tertiary/aromatic N) is 1. The fourth-order valence-corrected chi connectivity index (χ4v) is 5.14. The van der Waals surface area contributed by atoms with E-state index in [4.69, 9.17) is 4.74 Å². The average Bonchev–Trinajstić information content (AvgIpc) is 2.74. The van der Waals surface area contributed by atoms with Crippen molar-refractivity contribution in [1.82, 2.24) is 4.31 Å². The third kappa shape index (κ3) is 4.52. The molecule has 2 aromatic carbocycles. The molecule has 2 aromatic rings. The van der Waals surface area contributed by atoms with E-state index < -0.39 is 20.7 Å². The molecule has 1 aliphatic heterocycles. The van der Waals surface area contributed by atoms with E-state index in [-0.39, 0.29) is 13.1 Å². The van der Waals surface area contributed by atoms with Crippen molar-refractivity contribution in [2.45, 2.75) is 38.9 Å². The lowest BCUT2D eigenvalue weighted by atomic mass is 9.93. The standard InChI is InChI=1S/C24H29NO5S/c1-5-30-21-8-6-7-20(16-21)22-10-9-19(15-17(22)2)18-11-13-25(14-12-18)31(28,29)24(3,4)23(26)27/h6-11,15-16H,5,12-14H2,1-4H3,(H,26,27). The van der Waals surface area contributed by atoms with Crippen LogP contribution in [0.15, 0.2) is 48.5 Å². The van der Waals surface area contributed by atoms with Gasteiger partial charge in [0.1, 0.15) is 5.75 Å². The normalized spacial score (nSPS) is 15.4. The molecule has 0 unspecified atom stereocenters. The lowest BCUT2D eigenvalue weighted by Crippen LogP contribution is -2.50. The van der Waals surface area contributed by atoms with Crippen molar-refractivity contribution < 1.29 is 23.1 Å². The van der Waals surface area contributed by atoms with Crippen LogP contribution in [0, 0.1) is 6.92 Å². The minimum absolute atomic E-state index is 0.172. The van der Waals surface area contributed by atoms with Gasteiger partial charge in [0, 0.05) is 13.1 Å². The van der Waals surface area contributed by atoms with Gasteiger partial charge in [0.2, 0.25) is 10.0 Å². The van der Waals surface area contributed by atoms with Gasteiger partial charge in [-0.15, -0.1) is 0 Å². The summed E-state index contributed by atoms with van der Waals surface area (Å²) < 4.78 is 30.5. The van der Waals surface area contributed by atoms with E-state index in [0.717, 1.165) is 33.6 Å². The Hall–Kier alpha value is -2.64. The van der Waals surface area contributed by atoms with Crippen molar-refractivity contribution in [3.8, 4) is 16.9 Å². The van der Waals surface area contributed by atoms with Crippen LogP contribution in [0.25, 0.3) is 16.7 Å². The maximum absolute atomic E-state index is 12.7. The highest BCUT2D eigenvalue weighted by molar-refractivity contribution is 7.91. The van der Waals surface area contributed by atoms with E-state index in [1.807, 2.05) is 37.3 Å². The smallest absolute Gasteiger partial charge is 0.325 e. The Morgan fingerprint density at radius 1 is 1.16 bits per heavy atom. The Morgan fingerprint density at radius 3 is 2.48 bits per heavy atom. The summed E-state index contributed by atoms with van der Waals surface area (Å²) >= 11 is 0. The molecule has 3 rings (SSSR count). The Labute approximate surface area is 184 Å². The van der Waals surface area contributed by atoms with Crippen LogP contribution >= 0.6 is 0 Å². The summed E-state index contributed by atoms with van der Waals surface area (Å²) in [5.74, 6) is -0.508. The predicted molar refractivity (Wildman–Crippen MR) is 123 cm³/mol. The van der Waals surface area contributed by atoms with Crippen molar-refractivity contribution in [3.63, 3.8) is 0 Å². The number of carbonyl (C=O) groups is 1. The van der Waals surface area contributed by atoms with Gasteiger partial charge < -0.3 is 9.84 Å². The molecule has 0 atom stereocenters. The third-order valence-electron chi connectivity index (χ3n) is 5.72. The molecule has 166 valence electrons. The van der Waals surface area contributed by atoms with Gasteiger partial charge >= 0.3 is 5.97 Å². The summed E-state index contributed by atoms with van der Waals surface area (Å²) in [6, 6.07) is 14.2. The largest absolute Gasteiger partial charge is 0.494 e. The second-order valence-electron chi connectivity index (χ2n) is 8.15. The number of hydrogen-bond donors (Lipinski definition) is 1. The number of ether oxygens (including phenoxy) is 1. The van der Waals surface area contributed by atoms with Gasteiger partial charge in [0.15, 0.2) is 4.75 Å². The molecule has 1 aliphatic rings. The van der Waals surface area contributed by atoms with Crippen molar-refractivity contribution in [3.05, 3.63) is 59.7 Å². The maximum atomic E-state index is 12.7. The zero-order chi connectivity index (χ0) is 22.8. The number of aryl methyl sites for hydroxylation is 1. The number of sulfonamides is 1. The zero-order valence-electron chi connectivity index (χ0n) is 18.4. The molecule has 7 heteroatoms. The van der Waals surface area contributed by atoms with E-state index >= 15 is 0 Å². The highest BCUT2D eigenvalue weighted by Gasteiger charge is 2.45. The molecule has 0 aliphatic carbocycles. The van der Waals surface area contributed by atoms with Crippen molar-refractivity contribution in [2.75, 3.05) is 19.7 Å². The van der Waals surface area contributed by atoms with E-state index in [2.05, 4.69) is 25.1 Å². The summed E-state index contributed by atoms with van der Waals surface area (Å²) in [6.07, 6.45) is 2.41. The van der Waals surface area contributed by atoms with Crippen LogP contribution in [0.3, 0.4) is 0 Å². The maximum Gasteiger partial charge on any atom is 0.325 e.